The van der Waals surface area contributed by atoms with Crippen LogP contribution in [-0.2, 0) is 12.0 Å². The highest BCUT2D eigenvalue weighted by Crippen LogP contribution is 2.45. The van der Waals surface area contributed by atoms with E-state index < -0.39 is 5.54 Å². The fourth-order valence-electron chi connectivity index (χ4n) is 3.45. The van der Waals surface area contributed by atoms with Crippen molar-refractivity contribution < 1.29 is 4.39 Å². The molecule has 2 unspecified atom stereocenters. The van der Waals surface area contributed by atoms with E-state index >= 15 is 0 Å². The maximum atomic E-state index is 13.7. The summed E-state index contributed by atoms with van der Waals surface area (Å²) in [5, 5.41) is 0.554. The Balaban J connectivity index is 1.74. The topological polar surface area (TPSA) is 93.2 Å². The monoisotopic (exact) mass is 359 g/mol. The van der Waals surface area contributed by atoms with Gasteiger partial charge >= 0.3 is 0 Å². The third-order valence-corrected chi connectivity index (χ3v) is 5.67. The summed E-state index contributed by atoms with van der Waals surface area (Å²) in [6.07, 6.45) is 6.82. The second-order valence-electron chi connectivity index (χ2n) is 6.17. The van der Waals surface area contributed by atoms with Crippen molar-refractivity contribution >= 4 is 22.9 Å². The Morgan fingerprint density at radius 3 is 3.00 bits per heavy atom. The average molecular weight is 359 g/mol. The molecule has 1 saturated heterocycles. The summed E-state index contributed by atoms with van der Waals surface area (Å²) >= 11 is 1.55. The molecule has 4 heterocycles. The van der Waals surface area contributed by atoms with Crippen molar-refractivity contribution in [3.05, 3.63) is 42.0 Å². The Morgan fingerprint density at radius 1 is 1.36 bits per heavy atom. The van der Waals surface area contributed by atoms with Crippen molar-refractivity contribution in [1.82, 2.24) is 19.9 Å². The Labute approximate surface area is 149 Å². The summed E-state index contributed by atoms with van der Waals surface area (Å²) in [7, 11) is 0. The van der Waals surface area contributed by atoms with Gasteiger partial charge in [0, 0.05) is 30.6 Å². The number of anilines is 1. The van der Waals surface area contributed by atoms with Gasteiger partial charge in [-0.2, -0.15) is 0 Å². The molecule has 0 aromatic carbocycles. The lowest BCUT2D eigenvalue weighted by atomic mass is 9.86. The predicted octanol–water partition coefficient (Wildman–Crippen LogP) is 1.36. The Kier molecular flexibility index (Phi) is 4.03. The van der Waals surface area contributed by atoms with Crippen molar-refractivity contribution in [2.45, 2.75) is 18.9 Å². The van der Waals surface area contributed by atoms with Crippen molar-refractivity contribution in [3.8, 4) is 0 Å². The maximum absolute atomic E-state index is 13.7. The van der Waals surface area contributed by atoms with Crippen LogP contribution in [0.25, 0.3) is 0 Å². The summed E-state index contributed by atoms with van der Waals surface area (Å²) in [5.74, 6) is 1.20. The molecular weight excluding hydrogens is 341 g/mol. The second-order valence-corrected chi connectivity index (χ2v) is 7.21. The summed E-state index contributed by atoms with van der Waals surface area (Å²) in [5.41, 5.74) is 6.68. The number of fused-ring (bicyclic) bond motifs is 1. The number of aryl methyl sites for hydroxylation is 1. The third kappa shape index (κ3) is 2.72. The number of halogens is 1. The maximum Gasteiger partial charge on any atom is 0.225 e. The third-order valence-electron chi connectivity index (χ3n) is 4.72. The second kappa shape index (κ2) is 6.21. The molecular formula is C16H18FN7S. The van der Waals surface area contributed by atoms with Gasteiger partial charge in [-0.25, -0.2) is 19.4 Å². The van der Waals surface area contributed by atoms with E-state index in [1.54, 1.807) is 30.4 Å². The molecule has 2 aromatic rings. The van der Waals surface area contributed by atoms with Gasteiger partial charge in [-0.3, -0.25) is 9.97 Å². The van der Waals surface area contributed by atoms with E-state index in [-0.39, 0.29) is 11.7 Å². The lowest BCUT2D eigenvalue weighted by molar-refractivity contribution is 0.375. The number of amidine groups is 1. The summed E-state index contributed by atoms with van der Waals surface area (Å²) in [6.45, 7) is 3.14. The molecule has 7 nitrogen and oxygen atoms in total. The number of hydrogen-bond acceptors (Lipinski definition) is 8. The van der Waals surface area contributed by atoms with E-state index in [2.05, 4.69) is 19.9 Å². The Hall–Kier alpha value is -2.29. The van der Waals surface area contributed by atoms with E-state index in [0.29, 0.717) is 29.8 Å². The highest BCUT2D eigenvalue weighted by Gasteiger charge is 2.52. The van der Waals surface area contributed by atoms with Gasteiger partial charge in [0.2, 0.25) is 5.95 Å². The van der Waals surface area contributed by atoms with Gasteiger partial charge in [-0.1, -0.05) is 18.7 Å². The van der Waals surface area contributed by atoms with E-state index in [9.17, 15) is 4.39 Å². The Morgan fingerprint density at radius 2 is 2.24 bits per heavy atom. The van der Waals surface area contributed by atoms with Crippen molar-refractivity contribution in [1.29, 1.82) is 0 Å². The highest BCUT2D eigenvalue weighted by atomic mass is 32.2. The minimum atomic E-state index is -0.562. The van der Waals surface area contributed by atoms with Crippen LogP contribution in [0.15, 0.2) is 29.8 Å². The molecule has 0 bridgehead atoms. The molecule has 25 heavy (non-hydrogen) atoms. The SMILES string of the molecule is CCc1nc(N2CC3CSC(N)=NC3(c3cnccn3)C2)ncc1F. The molecule has 0 amide bonds. The van der Waals surface area contributed by atoms with Crippen LogP contribution in [0.3, 0.4) is 0 Å². The summed E-state index contributed by atoms with van der Waals surface area (Å²) in [4.78, 5) is 24.1. The van der Waals surface area contributed by atoms with Gasteiger partial charge in [0.25, 0.3) is 0 Å². The van der Waals surface area contributed by atoms with Gasteiger partial charge in [-0.15, -0.1) is 0 Å². The number of rotatable bonds is 3. The van der Waals surface area contributed by atoms with Gasteiger partial charge in [0.05, 0.1) is 30.3 Å². The molecule has 9 heteroatoms. The van der Waals surface area contributed by atoms with Crippen LogP contribution in [0.4, 0.5) is 10.3 Å². The number of aliphatic imine (C=N–C) groups is 1. The van der Waals surface area contributed by atoms with Crippen molar-refractivity contribution in [3.63, 3.8) is 0 Å². The highest BCUT2D eigenvalue weighted by molar-refractivity contribution is 8.13. The van der Waals surface area contributed by atoms with E-state index in [4.69, 9.17) is 10.7 Å². The minimum Gasteiger partial charge on any atom is -0.379 e. The molecule has 0 spiro atoms. The molecule has 130 valence electrons. The molecule has 0 radical (unpaired) electrons. The number of hydrogen-bond donors (Lipinski definition) is 1. The normalized spacial score (nSPS) is 25.6. The van der Waals surface area contributed by atoms with Gasteiger partial charge < -0.3 is 10.6 Å². The quantitative estimate of drug-likeness (QED) is 0.884. The van der Waals surface area contributed by atoms with Crippen molar-refractivity contribution in [2.75, 3.05) is 23.7 Å². The summed E-state index contributed by atoms with van der Waals surface area (Å²) < 4.78 is 13.7. The zero-order valence-corrected chi connectivity index (χ0v) is 14.6. The Bertz CT molecular complexity index is 815. The average Bonchev–Trinajstić information content (AvgIpc) is 3.03. The first-order valence-corrected chi connectivity index (χ1v) is 9.12. The zero-order chi connectivity index (χ0) is 17.4. The molecule has 2 atom stereocenters. The molecule has 0 aliphatic carbocycles. The molecule has 4 rings (SSSR count). The van der Waals surface area contributed by atoms with E-state index in [1.165, 1.54) is 6.20 Å². The van der Waals surface area contributed by atoms with Crippen LogP contribution >= 0.6 is 11.8 Å². The lowest BCUT2D eigenvalue weighted by Gasteiger charge is -2.33. The summed E-state index contributed by atoms with van der Waals surface area (Å²) in [6, 6.07) is 0. The van der Waals surface area contributed by atoms with Crippen LogP contribution in [0, 0.1) is 11.7 Å². The molecule has 1 fully saturated rings. The first-order valence-electron chi connectivity index (χ1n) is 8.13. The smallest absolute Gasteiger partial charge is 0.225 e. The zero-order valence-electron chi connectivity index (χ0n) is 13.8. The number of thioether (sulfide) groups is 1. The largest absolute Gasteiger partial charge is 0.379 e. The van der Waals surface area contributed by atoms with Gasteiger partial charge in [0.15, 0.2) is 11.0 Å². The van der Waals surface area contributed by atoms with Gasteiger partial charge in [-0.05, 0) is 6.42 Å². The molecule has 2 aliphatic rings. The number of nitrogens with zero attached hydrogens (tertiary/aromatic N) is 6. The molecule has 2 aromatic heterocycles. The first-order chi connectivity index (χ1) is 12.1. The van der Waals surface area contributed by atoms with Gasteiger partial charge in [0.1, 0.15) is 5.54 Å². The molecule has 0 saturated carbocycles. The minimum absolute atomic E-state index is 0.209. The molecule has 2 aliphatic heterocycles. The first kappa shape index (κ1) is 16.2. The predicted molar refractivity (Wildman–Crippen MR) is 94.9 cm³/mol. The van der Waals surface area contributed by atoms with Crippen LogP contribution in [0.2, 0.25) is 0 Å². The number of nitrogens with two attached hydrogens (primary N) is 1. The van der Waals surface area contributed by atoms with Crippen LogP contribution in [0.5, 0.6) is 0 Å². The van der Waals surface area contributed by atoms with Crippen LogP contribution in [-0.4, -0.2) is 43.9 Å². The molecule has 2 N–H and O–H groups in total. The van der Waals surface area contributed by atoms with E-state index in [0.717, 1.165) is 18.0 Å². The standard InChI is InChI=1S/C16H18FN7S/c1-2-12-11(17)5-21-15(22-12)24-7-10-8-25-14(18)23-16(10,9-24)13-6-19-3-4-20-13/h3-6,10H,2,7-9H2,1H3,(H2,18,23). The van der Waals surface area contributed by atoms with Crippen LogP contribution in [0.1, 0.15) is 18.3 Å². The van der Waals surface area contributed by atoms with Crippen molar-refractivity contribution in [2.24, 2.45) is 16.6 Å². The fraction of sp³-hybridized carbons (Fsp3) is 0.438. The van der Waals surface area contributed by atoms with Crippen LogP contribution < -0.4 is 10.6 Å². The van der Waals surface area contributed by atoms with E-state index in [1.807, 2.05) is 11.8 Å². The fourth-order valence-corrected chi connectivity index (χ4v) is 4.43. The number of aromatic nitrogens is 4. The lowest BCUT2D eigenvalue weighted by Crippen LogP contribution is -2.40.